The van der Waals surface area contributed by atoms with Gasteiger partial charge in [-0.25, -0.2) is 4.98 Å². The molecule has 18 heavy (non-hydrogen) atoms. The van der Waals surface area contributed by atoms with Crippen LogP contribution in [0.1, 0.15) is 31.5 Å². The topological polar surface area (TPSA) is 37.9 Å². The molecule has 3 nitrogen and oxygen atoms in total. The van der Waals surface area contributed by atoms with Gasteiger partial charge in [-0.3, -0.25) is 0 Å². The molecule has 0 aliphatic heterocycles. The van der Waals surface area contributed by atoms with Crippen LogP contribution in [0.3, 0.4) is 0 Å². The molecule has 1 heterocycles. The molecular weight excluding hydrogens is 292 g/mol. The molecule has 4 heteroatoms. The fourth-order valence-electron chi connectivity index (χ4n) is 2.81. The molecule has 3 rings (SSSR count). The lowest BCUT2D eigenvalue weighted by Crippen LogP contribution is -2.00. The third kappa shape index (κ3) is 2.26. The lowest BCUT2D eigenvalue weighted by Gasteiger charge is -2.04. The van der Waals surface area contributed by atoms with Gasteiger partial charge in [-0.1, -0.05) is 25.7 Å². The molecule has 0 bridgehead atoms. The highest BCUT2D eigenvalue weighted by Gasteiger charge is 2.17. The number of imidazole rings is 1. The van der Waals surface area contributed by atoms with E-state index in [0.717, 1.165) is 39.4 Å². The van der Waals surface area contributed by atoms with Gasteiger partial charge in [0.25, 0.3) is 0 Å². The lowest BCUT2D eigenvalue weighted by atomic mass is 10.0. The molecule has 1 aliphatic rings. The standard InChI is InChI=1S/C14H17BrN2O/c1-18-13-8-12-11(7-10(13)15)16-14(17-12)6-9-4-2-3-5-9/h7-9H,2-6H2,1H3,(H,16,17). The molecule has 1 N–H and O–H groups in total. The SMILES string of the molecule is COc1cc2nc(CC3CCCC3)[nH]c2cc1Br. The number of nitrogens with zero attached hydrogens (tertiary/aromatic N) is 1. The Morgan fingerprint density at radius 2 is 2.17 bits per heavy atom. The maximum atomic E-state index is 5.30. The summed E-state index contributed by atoms with van der Waals surface area (Å²) in [4.78, 5) is 8.09. The fourth-order valence-corrected chi connectivity index (χ4v) is 3.31. The van der Waals surface area contributed by atoms with Crippen molar-refractivity contribution in [3.8, 4) is 5.75 Å². The molecule has 96 valence electrons. The van der Waals surface area contributed by atoms with E-state index in [2.05, 4.69) is 25.9 Å². The molecule has 1 aromatic heterocycles. The second kappa shape index (κ2) is 4.92. The van der Waals surface area contributed by atoms with Crippen LogP contribution in [-0.2, 0) is 6.42 Å². The van der Waals surface area contributed by atoms with Gasteiger partial charge in [-0.05, 0) is 27.9 Å². The number of hydrogen-bond acceptors (Lipinski definition) is 2. The van der Waals surface area contributed by atoms with Crippen LogP contribution >= 0.6 is 15.9 Å². The molecular formula is C14H17BrN2O. The third-order valence-corrected chi connectivity index (χ3v) is 4.38. The largest absolute Gasteiger partial charge is 0.495 e. The molecule has 2 aromatic rings. The zero-order valence-electron chi connectivity index (χ0n) is 10.5. The Balaban J connectivity index is 1.90. The van der Waals surface area contributed by atoms with E-state index in [1.165, 1.54) is 25.7 Å². The van der Waals surface area contributed by atoms with E-state index in [-0.39, 0.29) is 0 Å². The van der Waals surface area contributed by atoms with Crippen molar-refractivity contribution in [2.24, 2.45) is 5.92 Å². The van der Waals surface area contributed by atoms with Crippen LogP contribution in [0.15, 0.2) is 16.6 Å². The first-order valence-corrected chi connectivity index (χ1v) is 7.27. The van der Waals surface area contributed by atoms with Gasteiger partial charge in [0.15, 0.2) is 0 Å². The number of methoxy groups -OCH3 is 1. The third-order valence-electron chi connectivity index (χ3n) is 3.76. The summed E-state index contributed by atoms with van der Waals surface area (Å²) in [5.74, 6) is 2.76. The number of aromatic amines is 1. The van der Waals surface area contributed by atoms with Crippen molar-refractivity contribution in [3.63, 3.8) is 0 Å². The van der Waals surface area contributed by atoms with Crippen molar-refractivity contribution in [2.45, 2.75) is 32.1 Å². The Morgan fingerprint density at radius 3 is 2.89 bits per heavy atom. The molecule has 0 amide bonds. The van der Waals surface area contributed by atoms with Gasteiger partial charge in [0.1, 0.15) is 11.6 Å². The molecule has 1 aliphatic carbocycles. The van der Waals surface area contributed by atoms with Gasteiger partial charge in [-0.15, -0.1) is 0 Å². The van der Waals surface area contributed by atoms with Crippen LogP contribution in [0, 0.1) is 5.92 Å². The van der Waals surface area contributed by atoms with E-state index in [1.54, 1.807) is 7.11 Å². The Morgan fingerprint density at radius 1 is 1.39 bits per heavy atom. The summed E-state index contributed by atoms with van der Waals surface area (Å²) in [5, 5.41) is 0. The average Bonchev–Trinajstić information content (AvgIpc) is 2.97. The van der Waals surface area contributed by atoms with Gasteiger partial charge in [-0.2, -0.15) is 0 Å². The van der Waals surface area contributed by atoms with Crippen LogP contribution in [-0.4, -0.2) is 17.1 Å². The smallest absolute Gasteiger partial charge is 0.135 e. The van der Waals surface area contributed by atoms with E-state index >= 15 is 0 Å². The number of fused-ring (bicyclic) bond motifs is 1. The van der Waals surface area contributed by atoms with Crippen molar-refractivity contribution >= 4 is 27.0 Å². The van der Waals surface area contributed by atoms with Gasteiger partial charge in [0, 0.05) is 12.5 Å². The number of benzene rings is 1. The summed E-state index contributed by atoms with van der Waals surface area (Å²) >= 11 is 3.50. The van der Waals surface area contributed by atoms with Crippen molar-refractivity contribution < 1.29 is 4.74 Å². The summed E-state index contributed by atoms with van der Waals surface area (Å²) in [5.41, 5.74) is 2.07. The lowest BCUT2D eigenvalue weighted by molar-refractivity contribution is 0.412. The van der Waals surface area contributed by atoms with Gasteiger partial charge in [0.2, 0.25) is 0 Å². The zero-order chi connectivity index (χ0) is 12.5. The highest BCUT2D eigenvalue weighted by Crippen LogP contribution is 2.31. The maximum Gasteiger partial charge on any atom is 0.135 e. The first-order chi connectivity index (χ1) is 8.76. The Labute approximate surface area is 115 Å². The van der Waals surface area contributed by atoms with Gasteiger partial charge < -0.3 is 9.72 Å². The quantitative estimate of drug-likeness (QED) is 0.928. The first-order valence-electron chi connectivity index (χ1n) is 6.48. The van der Waals surface area contributed by atoms with Crippen LogP contribution in [0.5, 0.6) is 5.75 Å². The summed E-state index contributed by atoms with van der Waals surface area (Å²) in [6.45, 7) is 0. The molecule has 0 atom stereocenters. The van der Waals surface area contributed by atoms with E-state index in [4.69, 9.17) is 4.74 Å². The van der Waals surface area contributed by atoms with Gasteiger partial charge in [0.05, 0.1) is 22.6 Å². The highest BCUT2D eigenvalue weighted by atomic mass is 79.9. The number of H-pyrrole nitrogens is 1. The van der Waals surface area contributed by atoms with Crippen molar-refractivity contribution in [2.75, 3.05) is 7.11 Å². The number of nitrogens with one attached hydrogen (secondary N) is 1. The molecule has 1 aromatic carbocycles. The fraction of sp³-hybridized carbons (Fsp3) is 0.500. The predicted molar refractivity (Wildman–Crippen MR) is 76.0 cm³/mol. The second-order valence-electron chi connectivity index (χ2n) is 5.04. The molecule has 0 unspecified atom stereocenters. The number of halogens is 1. The van der Waals surface area contributed by atoms with Crippen LogP contribution in [0.2, 0.25) is 0 Å². The van der Waals surface area contributed by atoms with Crippen LogP contribution in [0.25, 0.3) is 11.0 Å². The number of aromatic nitrogens is 2. The average molecular weight is 309 g/mol. The number of hydrogen-bond donors (Lipinski definition) is 1. The normalized spacial score (nSPS) is 16.6. The second-order valence-corrected chi connectivity index (χ2v) is 5.90. The minimum absolute atomic E-state index is 0.816. The van der Waals surface area contributed by atoms with Crippen molar-refractivity contribution in [3.05, 3.63) is 22.4 Å². The molecule has 0 radical (unpaired) electrons. The zero-order valence-corrected chi connectivity index (χ0v) is 12.1. The minimum Gasteiger partial charge on any atom is -0.495 e. The van der Waals surface area contributed by atoms with E-state index < -0.39 is 0 Å². The molecule has 1 fully saturated rings. The summed E-state index contributed by atoms with van der Waals surface area (Å²) in [6.07, 6.45) is 6.54. The minimum atomic E-state index is 0.816. The van der Waals surface area contributed by atoms with Gasteiger partial charge >= 0.3 is 0 Å². The molecule has 1 saturated carbocycles. The highest BCUT2D eigenvalue weighted by molar-refractivity contribution is 9.10. The Hall–Kier alpha value is -1.03. The monoisotopic (exact) mass is 308 g/mol. The van der Waals surface area contributed by atoms with Crippen molar-refractivity contribution in [1.82, 2.24) is 9.97 Å². The van der Waals surface area contributed by atoms with Crippen molar-refractivity contribution in [1.29, 1.82) is 0 Å². The summed E-state index contributed by atoms with van der Waals surface area (Å²) in [7, 11) is 1.68. The first kappa shape index (κ1) is 12.0. The molecule has 0 spiro atoms. The predicted octanol–water partition coefficient (Wildman–Crippen LogP) is 4.07. The maximum absolute atomic E-state index is 5.30. The number of ether oxygens (including phenoxy) is 1. The summed E-state index contributed by atoms with van der Waals surface area (Å²) in [6, 6.07) is 4.02. The molecule has 0 saturated heterocycles. The van der Waals surface area contributed by atoms with E-state index in [1.807, 2.05) is 12.1 Å². The number of rotatable bonds is 3. The Kier molecular flexibility index (Phi) is 3.29. The van der Waals surface area contributed by atoms with E-state index in [9.17, 15) is 0 Å². The van der Waals surface area contributed by atoms with Crippen LogP contribution < -0.4 is 4.74 Å². The summed E-state index contributed by atoms with van der Waals surface area (Å²) < 4.78 is 6.26. The van der Waals surface area contributed by atoms with Crippen LogP contribution in [0.4, 0.5) is 0 Å². The van der Waals surface area contributed by atoms with E-state index in [0.29, 0.717) is 0 Å². The Bertz CT molecular complexity index is 558.